The Morgan fingerprint density at radius 3 is 2.09 bits per heavy atom. The van der Waals surface area contributed by atoms with Gasteiger partial charge in [0.05, 0.1) is 6.54 Å². The first kappa shape index (κ1) is 25.4. The molecule has 1 saturated heterocycles. The highest BCUT2D eigenvalue weighted by molar-refractivity contribution is 5.76. The fourth-order valence-corrected chi connectivity index (χ4v) is 4.47. The van der Waals surface area contributed by atoms with Crippen LogP contribution in [0.1, 0.15) is 89.9 Å². The lowest BCUT2D eigenvalue weighted by molar-refractivity contribution is -0.133. The second kappa shape index (κ2) is 14.8. The maximum atomic E-state index is 12.6. The molecule has 1 fully saturated rings. The van der Waals surface area contributed by atoms with Crippen molar-refractivity contribution in [1.82, 2.24) is 19.9 Å². The summed E-state index contributed by atoms with van der Waals surface area (Å²) in [5, 5.41) is 4.10. The predicted octanol–water partition coefficient (Wildman–Crippen LogP) is 6.08. The number of hydrogen-bond acceptors (Lipinski definition) is 5. The Balaban J connectivity index is 1.22. The van der Waals surface area contributed by atoms with Crippen LogP contribution in [0, 0.1) is 0 Å². The summed E-state index contributed by atoms with van der Waals surface area (Å²) in [7, 11) is 0. The van der Waals surface area contributed by atoms with E-state index in [0.717, 1.165) is 38.2 Å². The van der Waals surface area contributed by atoms with E-state index in [2.05, 4.69) is 22.0 Å². The second-order valence-corrected chi connectivity index (χ2v) is 9.32. The molecule has 1 amide bonds. The van der Waals surface area contributed by atoms with Crippen LogP contribution < -0.4 is 0 Å². The van der Waals surface area contributed by atoms with Gasteiger partial charge < -0.3 is 9.42 Å². The normalized spacial score (nSPS) is 14.6. The molecule has 1 aromatic heterocycles. The van der Waals surface area contributed by atoms with Gasteiger partial charge in [-0.3, -0.25) is 9.69 Å². The molecule has 0 spiro atoms. The molecular formula is C27H42N4O2. The van der Waals surface area contributed by atoms with Crippen molar-refractivity contribution >= 4 is 5.91 Å². The van der Waals surface area contributed by atoms with Crippen LogP contribution >= 0.6 is 0 Å². The second-order valence-electron chi connectivity index (χ2n) is 9.32. The molecule has 0 saturated carbocycles. The minimum Gasteiger partial charge on any atom is -0.340 e. The zero-order valence-electron chi connectivity index (χ0n) is 20.5. The average Bonchev–Trinajstić information content (AvgIpc) is 3.32. The first-order chi connectivity index (χ1) is 16.3. The smallest absolute Gasteiger partial charge is 0.241 e. The van der Waals surface area contributed by atoms with E-state index in [1.54, 1.807) is 0 Å². The van der Waals surface area contributed by atoms with Crippen LogP contribution in [0.5, 0.6) is 0 Å². The predicted molar refractivity (Wildman–Crippen MR) is 133 cm³/mol. The fourth-order valence-electron chi connectivity index (χ4n) is 4.47. The van der Waals surface area contributed by atoms with Gasteiger partial charge in [-0.05, 0) is 6.42 Å². The van der Waals surface area contributed by atoms with Gasteiger partial charge in [0.1, 0.15) is 0 Å². The van der Waals surface area contributed by atoms with Crippen molar-refractivity contribution in [2.24, 2.45) is 0 Å². The summed E-state index contributed by atoms with van der Waals surface area (Å²) in [5.74, 6) is 1.58. The Bertz CT molecular complexity index is 784. The molecule has 0 atom stereocenters. The summed E-state index contributed by atoms with van der Waals surface area (Å²) in [6, 6.07) is 9.88. The number of rotatable bonds is 15. The van der Waals surface area contributed by atoms with E-state index in [1.165, 1.54) is 64.2 Å². The summed E-state index contributed by atoms with van der Waals surface area (Å²) in [4.78, 5) is 21.4. The molecule has 182 valence electrons. The van der Waals surface area contributed by atoms with Crippen LogP contribution in [-0.2, 0) is 11.3 Å². The molecular weight excluding hydrogens is 412 g/mol. The number of amides is 1. The number of unbranched alkanes of at least 4 members (excludes halogenated alkanes) is 10. The molecule has 1 aromatic carbocycles. The minimum atomic E-state index is 0.315. The van der Waals surface area contributed by atoms with Crippen LogP contribution in [0.15, 0.2) is 34.9 Å². The van der Waals surface area contributed by atoms with Crippen molar-refractivity contribution in [2.45, 2.75) is 90.5 Å². The van der Waals surface area contributed by atoms with E-state index in [1.807, 2.05) is 35.2 Å². The van der Waals surface area contributed by atoms with E-state index in [0.29, 0.717) is 30.6 Å². The Kier molecular flexibility index (Phi) is 11.4. The summed E-state index contributed by atoms with van der Waals surface area (Å²) < 4.78 is 5.44. The van der Waals surface area contributed by atoms with E-state index >= 15 is 0 Å². The van der Waals surface area contributed by atoms with Crippen LogP contribution in [0.2, 0.25) is 0 Å². The lowest BCUT2D eigenvalue weighted by Gasteiger charge is -2.34. The molecule has 1 aliphatic rings. The first-order valence-electron chi connectivity index (χ1n) is 13.1. The van der Waals surface area contributed by atoms with Crippen molar-refractivity contribution in [3.63, 3.8) is 0 Å². The molecule has 3 rings (SSSR count). The lowest BCUT2D eigenvalue weighted by Crippen LogP contribution is -2.48. The largest absolute Gasteiger partial charge is 0.340 e. The van der Waals surface area contributed by atoms with Crippen molar-refractivity contribution < 1.29 is 9.32 Å². The van der Waals surface area contributed by atoms with Gasteiger partial charge >= 0.3 is 0 Å². The third kappa shape index (κ3) is 9.28. The zero-order chi connectivity index (χ0) is 23.1. The minimum absolute atomic E-state index is 0.315. The fraction of sp³-hybridized carbons (Fsp3) is 0.667. The molecule has 0 aliphatic carbocycles. The maximum Gasteiger partial charge on any atom is 0.241 e. The van der Waals surface area contributed by atoms with Crippen LogP contribution in [0.3, 0.4) is 0 Å². The Labute approximate surface area is 199 Å². The number of nitrogens with zero attached hydrogens (tertiary/aromatic N) is 4. The quantitative estimate of drug-likeness (QED) is 0.305. The highest BCUT2D eigenvalue weighted by Gasteiger charge is 2.22. The number of carbonyl (C=O) groups excluding carboxylic acids is 1. The Hall–Kier alpha value is -2.21. The summed E-state index contributed by atoms with van der Waals surface area (Å²) in [6.07, 6.45) is 15.1. The van der Waals surface area contributed by atoms with Gasteiger partial charge in [-0.25, -0.2) is 0 Å². The third-order valence-electron chi connectivity index (χ3n) is 6.58. The van der Waals surface area contributed by atoms with E-state index in [4.69, 9.17) is 4.52 Å². The topological polar surface area (TPSA) is 62.5 Å². The highest BCUT2D eigenvalue weighted by atomic mass is 16.5. The number of aromatic nitrogens is 2. The molecule has 1 aliphatic heterocycles. The molecule has 0 radical (unpaired) electrons. The van der Waals surface area contributed by atoms with E-state index < -0.39 is 0 Å². The van der Waals surface area contributed by atoms with Crippen molar-refractivity contribution in [3.8, 4) is 11.4 Å². The van der Waals surface area contributed by atoms with E-state index in [9.17, 15) is 4.79 Å². The number of benzene rings is 1. The SMILES string of the molecule is CCCCCCCCCCCCCC(=O)N1CCN(Cc2nc(-c3ccccc3)no2)CC1. The maximum absolute atomic E-state index is 12.6. The van der Waals surface area contributed by atoms with Crippen LogP contribution in [0.4, 0.5) is 0 Å². The van der Waals surface area contributed by atoms with Gasteiger partial charge in [0, 0.05) is 38.2 Å². The average molecular weight is 455 g/mol. The highest BCUT2D eigenvalue weighted by Crippen LogP contribution is 2.17. The van der Waals surface area contributed by atoms with Gasteiger partial charge in [-0.2, -0.15) is 4.98 Å². The summed E-state index contributed by atoms with van der Waals surface area (Å²) >= 11 is 0. The molecule has 2 aromatic rings. The van der Waals surface area contributed by atoms with Crippen molar-refractivity contribution in [2.75, 3.05) is 26.2 Å². The lowest BCUT2D eigenvalue weighted by atomic mass is 10.1. The molecule has 0 bridgehead atoms. The monoisotopic (exact) mass is 454 g/mol. The first-order valence-corrected chi connectivity index (χ1v) is 13.1. The molecule has 2 heterocycles. The van der Waals surface area contributed by atoms with Crippen molar-refractivity contribution in [1.29, 1.82) is 0 Å². The zero-order valence-corrected chi connectivity index (χ0v) is 20.5. The Morgan fingerprint density at radius 1 is 0.848 bits per heavy atom. The summed E-state index contributed by atoms with van der Waals surface area (Å²) in [6.45, 7) is 6.19. The number of hydrogen-bond donors (Lipinski definition) is 0. The summed E-state index contributed by atoms with van der Waals surface area (Å²) in [5.41, 5.74) is 0.963. The van der Waals surface area contributed by atoms with Gasteiger partial charge in [0.15, 0.2) is 0 Å². The third-order valence-corrected chi connectivity index (χ3v) is 6.58. The standard InChI is InChI=1S/C27H42N4O2/c1-2-3-4-5-6-7-8-9-10-11-15-18-26(32)31-21-19-30(20-22-31)23-25-28-27(29-33-25)24-16-13-12-14-17-24/h12-14,16-17H,2-11,15,18-23H2,1H3. The molecule has 0 N–H and O–H groups in total. The molecule has 6 nitrogen and oxygen atoms in total. The van der Waals surface area contributed by atoms with Gasteiger partial charge in [0.25, 0.3) is 0 Å². The van der Waals surface area contributed by atoms with Gasteiger partial charge in [-0.15, -0.1) is 0 Å². The van der Waals surface area contributed by atoms with Crippen molar-refractivity contribution in [3.05, 3.63) is 36.2 Å². The van der Waals surface area contributed by atoms with E-state index in [-0.39, 0.29) is 0 Å². The molecule has 6 heteroatoms. The number of piperazine rings is 1. The number of carbonyl (C=O) groups is 1. The van der Waals surface area contributed by atoms with Gasteiger partial charge in [-0.1, -0.05) is 107 Å². The van der Waals surface area contributed by atoms with Crippen LogP contribution in [-0.4, -0.2) is 52.0 Å². The van der Waals surface area contributed by atoms with Gasteiger partial charge in [0.2, 0.25) is 17.6 Å². The Morgan fingerprint density at radius 2 is 1.45 bits per heavy atom. The van der Waals surface area contributed by atoms with Crippen LogP contribution in [0.25, 0.3) is 11.4 Å². The molecule has 33 heavy (non-hydrogen) atoms. The molecule has 0 unspecified atom stereocenters.